The number of hydrogen-bond donors (Lipinski definition) is 1. The minimum atomic E-state index is -0.622. The van der Waals surface area contributed by atoms with Crippen LogP contribution in [-0.2, 0) is 28.3 Å². The second-order valence-electron chi connectivity index (χ2n) is 10.1. The SMILES string of the molecule is Cc1ccc(CSCC(=O)N(Cc2ccccc2Cl)C(Cc2ccccc2)C(=O)NC2CCCCC2)cc1. The molecule has 0 aromatic heterocycles. The average Bonchev–Trinajstić information content (AvgIpc) is 2.93. The quantitative estimate of drug-likeness (QED) is 0.281. The number of rotatable bonds is 11. The molecule has 1 fully saturated rings. The highest BCUT2D eigenvalue weighted by molar-refractivity contribution is 7.99. The van der Waals surface area contributed by atoms with Crippen molar-refractivity contribution in [3.8, 4) is 0 Å². The van der Waals surface area contributed by atoms with Crippen molar-refractivity contribution in [2.45, 2.75) is 69.8 Å². The van der Waals surface area contributed by atoms with Gasteiger partial charge in [0.2, 0.25) is 11.8 Å². The minimum absolute atomic E-state index is 0.0539. The van der Waals surface area contributed by atoms with Crippen LogP contribution in [0.5, 0.6) is 0 Å². The van der Waals surface area contributed by atoms with Crippen molar-refractivity contribution < 1.29 is 9.59 Å². The van der Waals surface area contributed by atoms with E-state index in [-0.39, 0.29) is 17.9 Å². The van der Waals surface area contributed by atoms with Crippen LogP contribution in [0.25, 0.3) is 0 Å². The van der Waals surface area contributed by atoms with Crippen LogP contribution >= 0.6 is 23.4 Å². The van der Waals surface area contributed by atoms with Gasteiger partial charge in [0, 0.05) is 29.8 Å². The Hall–Kier alpha value is -2.76. The summed E-state index contributed by atoms with van der Waals surface area (Å²) in [6, 6.07) is 25.5. The van der Waals surface area contributed by atoms with Gasteiger partial charge < -0.3 is 10.2 Å². The molecule has 0 heterocycles. The number of carbonyl (C=O) groups excluding carboxylic acids is 2. The third-order valence-corrected chi connectivity index (χ3v) is 8.49. The number of thioether (sulfide) groups is 1. The predicted octanol–water partition coefficient (Wildman–Crippen LogP) is 6.97. The van der Waals surface area contributed by atoms with Crippen molar-refractivity contribution in [2.75, 3.05) is 5.75 Å². The van der Waals surface area contributed by atoms with Gasteiger partial charge in [0.25, 0.3) is 0 Å². The fourth-order valence-corrected chi connectivity index (χ4v) is 6.00. The Morgan fingerprint density at radius 2 is 1.61 bits per heavy atom. The maximum Gasteiger partial charge on any atom is 0.243 e. The van der Waals surface area contributed by atoms with Gasteiger partial charge in [-0.1, -0.05) is 109 Å². The number of hydrogen-bond acceptors (Lipinski definition) is 3. The van der Waals surface area contributed by atoms with Crippen molar-refractivity contribution >= 4 is 35.2 Å². The van der Waals surface area contributed by atoms with E-state index in [9.17, 15) is 9.59 Å². The maximum atomic E-state index is 13.8. The molecule has 0 aliphatic heterocycles. The van der Waals surface area contributed by atoms with E-state index in [0.29, 0.717) is 23.7 Å². The highest BCUT2D eigenvalue weighted by Gasteiger charge is 2.32. The Morgan fingerprint density at radius 3 is 2.32 bits per heavy atom. The molecule has 0 saturated heterocycles. The highest BCUT2D eigenvalue weighted by atomic mass is 35.5. The standard InChI is InChI=1S/C32H37ClN2O2S/c1-24-16-18-26(19-17-24)22-38-23-31(36)35(21-27-12-8-9-15-29(27)33)30(20-25-10-4-2-5-11-25)32(37)34-28-13-6-3-7-14-28/h2,4-5,8-12,15-19,28,30H,3,6-7,13-14,20-23H2,1H3,(H,34,37). The summed E-state index contributed by atoms with van der Waals surface area (Å²) in [6.45, 7) is 2.36. The Kier molecular flexibility index (Phi) is 10.7. The van der Waals surface area contributed by atoms with Gasteiger partial charge in [0.1, 0.15) is 6.04 Å². The van der Waals surface area contributed by atoms with Crippen LogP contribution in [0.15, 0.2) is 78.9 Å². The summed E-state index contributed by atoms with van der Waals surface area (Å²) in [5.41, 5.74) is 4.27. The third kappa shape index (κ3) is 8.37. The van der Waals surface area contributed by atoms with E-state index in [4.69, 9.17) is 11.6 Å². The zero-order valence-corrected chi connectivity index (χ0v) is 23.6. The van der Waals surface area contributed by atoms with Crippen molar-refractivity contribution in [3.63, 3.8) is 0 Å². The first-order chi connectivity index (χ1) is 18.5. The number of nitrogens with zero attached hydrogens (tertiary/aromatic N) is 1. The van der Waals surface area contributed by atoms with E-state index in [1.54, 1.807) is 16.7 Å². The Balaban J connectivity index is 1.56. The Bertz CT molecular complexity index is 1180. The van der Waals surface area contributed by atoms with Crippen LogP contribution in [0.3, 0.4) is 0 Å². The van der Waals surface area contributed by atoms with Gasteiger partial charge in [-0.25, -0.2) is 0 Å². The van der Waals surface area contributed by atoms with Gasteiger partial charge >= 0.3 is 0 Å². The molecule has 1 aliphatic carbocycles. The van der Waals surface area contributed by atoms with Crippen LogP contribution in [0.4, 0.5) is 0 Å². The molecule has 1 saturated carbocycles. The summed E-state index contributed by atoms with van der Waals surface area (Å²) < 4.78 is 0. The van der Waals surface area contributed by atoms with Crippen molar-refractivity contribution in [2.24, 2.45) is 0 Å². The first-order valence-electron chi connectivity index (χ1n) is 13.5. The topological polar surface area (TPSA) is 49.4 Å². The van der Waals surface area contributed by atoms with Crippen LogP contribution < -0.4 is 5.32 Å². The lowest BCUT2D eigenvalue weighted by atomic mass is 9.94. The summed E-state index contributed by atoms with van der Waals surface area (Å²) >= 11 is 8.11. The molecular weight excluding hydrogens is 512 g/mol. The molecule has 2 amide bonds. The summed E-state index contributed by atoms with van der Waals surface area (Å²) in [4.78, 5) is 29.4. The average molecular weight is 549 g/mol. The third-order valence-electron chi connectivity index (χ3n) is 7.14. The molecule has 1 unspecified atom stereocenters. The number of nitrogens with one attached hydrogen (secondary N) is 1. The van der Waals surface area contributed by atoms with Gasteiger partial charge in [-0.2, -0.15) is 0 Å². The first-order valence-corrected chi connectivity index (χ1v) is 15.0. The molecule has 1 atom stereocenters. The van der Waals surface area contributed by atoms with Gasteiger partial charge in [-0.15, -0.1) is 11.8 Å². The van der Waals surface area contributed by atoms with Gasteiger partial charge in [0.15, 0.2) is 0 Å². The predicted molar refractivity (Wildman–Crippen MR) is 158 cm³/mol. The number of benzene rings is 3. The molecule has 4 nitrogen and oxygen atoms in total. The molecule has 1 N–H and O–H groups in total. The second kappa shape index (κ2) is 14.4. The van der Waals surface area contributed by atoms with Gasteiger partial charge in [0.05, 0.1) is 5.75 Å². The molecule has 0 spiro atoms. The zero-order valence-electron chi connectivity index (χ0n) is 22.1. The smallest absolute Gasteiger partial charge is 0.243 e. The summed E-state index contributed by atoms with van der Waals surface area (Å²) in [5.74, 6) is 0.899. The van der Waals surface area contributed by atoms with E-state index < -0.39 is 6.04 Å². The molecule has 3 aromatic carbocycles. The van der Waals surface area contributed by atoms with Gasteiger partial charge in [-0.05, 0) is 42.5 Å². The molecular formula is C32H37ClN2O2S. The fourth-order valence-electron chi connectivity index (χ4n) is 4.93. The van der Waals surface area contributed by atoms with Crippen molar-refractivity contribution in [3.05, 3.63) is 106 Å². The van der Waals surface area contributed by atoms with E-state index in [2.05, 4.69) is 36.5 Å². The van der Waals surface area contributed by atoms with Crippen LogP contribution in [-0.4, -0.2) is 34.6 Å². The van der Waals surface area contributed by atoms with Crippen LogP contribution in [0.1, 0.15) is 54.4 Å². The van der Waals surface area contributed by atoms with E-state index in [1.165, 1.54) is 17.5 Å². The van der Waals surface area contributed by atoms with Crippen molar-refractivity contribution in [1.82, 2.24) is 10.2 Å². The minimum Gasteiger partial charge on any atom is -0.352 e. The van der Waals surface area contributed by atoms with E-state index in [0.717, 1.165) is 42.6 Å². The Labute approximate surface area is 236 Å². The van der Waals surface area contributed by atoms with Crippen LogP contribution in [0.2, 0.25) is 5.02 Å². The lowest BCUT2D eigenvalue weighted by Crippen LogP contribution is -2.53. The Morgan fingerprint density at radius 1 is 0.921 bits per heavy atom. The molecule has 4 rings (SSSR count). The highest BCUT2D eigenvalue weighted by Crippen LogP contribution is 2.23. The maximum absolute atomic E-state index is 13.8. The largest absolute Gasteiger partial charge is 0.352 e. The normalized spacial score (nSPS) is 14.6. The molecule has 0 bridgehead atoms. The monoisotopic (exact) mass is 548 g/mol. The van der Waals surface area contributed by atoms with Gasteiger partial charge in [-0.3, -0.25) is 9.59 Å². The molecule has 1 aliphatic rings. The van der Waals surface area contributed by atoms with Crippen molar-refractivity contribution in [1.29, 1.82) is 0 Å². The molecule has 200 valence electrons. The first kappa shape index (κ1) is 28.3. The number of aryl methyl sites for hydroxylation is 1. The molecule has 6 heteroatoms. The molecule has 3 aromatic rings. The number of carbonyl (C=O) groups is 2. The number of amides is 2. The summed E-state index contributed by atoms with van der Waals surface area (Å²) in [6.07, 6.45) is 5.93. The van der Waals surface area contributed by atoms with E-state index in [1.807, 2.05) is 54.6 Å². The van der Waals surface area contributed by atoms with E-state index >= 15 is 0 Å². The summed E-state index contributed by atoms with van der Waals surface area (Å²) in [5, 5.41) is 3.89. The molecule has 38 heavy (non-hydrogen) atoms. The number of halogens is 1. The zero-order chi connectivity index (χ0) is 26.7. The second-order valence-corrected chi connectivity index (χ2v) is 11.5. The fraction of sp³-hybridized carbons (Fsp3) is 0.375. The lowest BCUT2D eigenvalue weighted by Gasteiger charge is -2.33. The summed E-state index contributed by atoms with van der Waals surface area (Å²) in [7, 11) is 0. The molecule has 0 radical (unpaired) electrons. The lowest BCUT2D eigenvalue weighted by molar-refractivity contribution is -0.139. The van der Waals surface area contributed by atoms with Crippen LogP contribution in [0, 0.1) is 6.92 Å².